The number of benzene rings is 1. The van der Waals surface area contributed by atoms with Gasteiger partial charge in [0.2, 0.25) is 0 Å². The van der Waals surface area contributed by atoms with Crippen LogP contribution in [0.25, 0.3) is 0 Å². The minimum absolute atomic E-state index is 0.0695. The summed E-state index contributed by atoms with van der Waals surface area (Å²) in [5.41, 5.74) is -0.126. The van der Waals surface area contributed by atoms with E-state index in [0.717, 1.165) is 6.07 Å². The topological polar surface area (TPSA) is 38.3 Å². The molecule has 0 unspecified atom stereocenters. The molecule has 0 fully saturated rings. The average Bonchev–Trinajstić information content (AvgIpc) is 2.32. The van der Waals surface area contributed by atoms with Crippen LogP contribution in [0.15, 0.2) is 18.2 Å². The maximum atomic E-state index is 12.7. The summed E-state index contributed by atoms with van der Waals surface area (Å²) in [6.45, 7) is 2.06. The molecule has 8 heteroatoms. The van der Waals surface area contributed by atoms with E-state index in [1.54, 1.807) is 12.2 Å². The van der Waals surface area contributed by atoms with Crippen LogP contribution in [0.3, 0.4) is 0 Å². The van der Waals surface area contributed by atoms with Crippen LogP contribution < -0.4 is 10.1 Å². The van der Waals surface area contributed by atoms with Crippen molar-refractivity contribution < 1.29 is 27.1 Å². The minimum atomic E-state index is -4.76. The number of alkyl halides is 4. The Morgan fingerprint density at radius 2 is 2.11 bits per heavy atom. The van der Waals surface area contributed by atoms with Crippen molar-refractivity contribution in [2.75, 3.05) is 11.9 Å². The van der Waals surface area contributed by atoms with Gasteiger partial charge >= 0.3 is 18.3 Å². The molecule has 0 saturated heterocycles. The number of hydrogen-bond donors (Lipinski definition) is 1. The molecule has 0 heterocycles. The van der Waals surface area contributed by atoms with Gasteiger partial charge in [0.1, 0.15) is 5.75 Å². The maximum absolute atomic E-state index is 12.7. The van der Waals surface area contributed by atoms with Crippen molar-refractivity contribution in [2.45, 2.75) is 19.3 Å². The second-order valence-electron chi connectivity index (χ2n) is 3.46. The molecule has 1 aromatic rings. The standard InChI is InChI=1S/C11H10ClF4NO2/c1-2-19-8-4-3-6(5-7(8)12)17-10(18)11(15,16)9(13)14/h3-5,9H,2H2,1H3,(H,17,18). The normalized spacial score (nSPS) is 11.5. The maximum Gasteiger partial charge on any atom is 0.383 e. The molecule has 0 aliphatic rings. The number of amides is 1. The molecule has 0 spiro atoms. The predicted molar refractivity (Wildman–Crippen MR) is 62.2 cm³/mol. The molecule has 3 nitrogen and oxygen atoms in total. The van der Waals surface area contributed by atoms with Crippen LogP contribution in [0.5, 0.6) is 5.75 Å². The zero-order valence-electron chi connectivity index (χ0n) is 9.72. The van der Waals surface area contributed by atoms with Gasteiger partial charge in [-0.25, -0.2) is 8.78 Å². The highest BCUT2D eigenvalue weighted by molar-refractivity contribution is 6.32. The third-order valence-electron chi connectivity index (χ3n) is 2.07. The Kier molecular flexibility index (Phi) is 4.99. The smallest absolute Gasteiger partial charge is 0.383 e. The van der Waals surface area contributed by atoms with Crippen molar-refractivity contribution in [2.24, 2.45) is 0 Å². The molecule has 0 aliphatic carbocycles. The van der Waals surface area contributed by atoms with E-state index >= 15 is 0 Å². The van der Waals surface area contributed by atoms with Gasteiger partial charge in [-0.3, -0.25) is 4.79 Å². The molecule has 106 valence electrons. The zero-order valence-corrected chi connectivity index (χ0v) is 10.5. The Morgan fingerprint density at radius 1 is 1.47 bits per heavy atom. The van der Waals surface area contributed by atoms with Crippen LogP contribution in [0.4, 0.5) is 23.2 Å². The summed E-state index contributed by atoms with van der Waals surface area (Å²) in [5.74, 6) is -6.56. The second-order valence-corrected chi connectivity index (χ2v) is 3.86. The number of anilines is 1. The highest BCUT2D eigenvalue weighted by Crippen LogP contribution is 2.29. The van der Waals surface area contributed by atoms with Crippen LogP contribution >= 0.6 is 11.6 Å². The third kappa shape index (κ3) is 3.73. The quantitative estimate of drug-likeness (QED) is 0.844. The molecule has 0 bridgehead atoms. The number of carbonyl (C=O) groups excluding carboxylic acids is 1. The van der Waals surface area contributed by atoms with Crippen molar-refractivity contribution >= 4 is 23.2 Å². The van der Waals surface area contributed by atoms with Crippen LogP contribution in [0, 0.1) is 0 Å². The van der Waals surface area contributed by atoms with E-state index < -0.39 is 18.3 Å². The van der Waals surface area contributed by atoms with Gasteiger partial charge in [0.05, 0.1) is 11.6 Å². The van der Waals surface area contributed by atoms with Crippen LogP contribution in [0.1, 0.15) is 6.92 Å². The summed E-state index contributed by atoms with van der Waals surface area (Å²) in [7, 11) is 0. The molecule has 0 radical (unpaired) electrons. The Morgan fingerprint density at radius 3 is 2.58 bits per heavy atom. The lowest BCUT2D eigenvalue weighted by Gasteiger charge is -2.15. The summed E-state index contributed by atoms with van der Waals surface area (Å²) < 4.78 is 54.4. The Labute approximate surface area is 111 Å². The first kappa shape index (κ1) is 15.6. The third-order valence-corrected chi connectivity index (χ3v) is 2.36. The van der Waals surface area contributed by atoms with Gasteiger partial charge in [0.25, 0.3) is 0 Å². The number of nitrogens with one attached hydrogen (secondary N) is 1. The fourth-order valence-electron chi connectivity index (χ4n) is 1.16. The highest BCUT2D eigenvalue weighted by Gasteiger charge is 2.48. The summed E-state index contributed by atoms with van der Waals surface area (Å²) in [6.07, 6.45) is -4.08. The van der Waals surface area contributed by atoms with E-state index in [-0.39, 0.29) is 10.7 Å². The summed E-state index contributed by atoms with van der Waals surface area (Å²) >= 11 is 5.76. The Balaban J connectivity index is 2.84. The number of carbonyl (C=O) groups is 1. The fraction of sp³-hybridized carbons (Fsp3) is 0.364. The first-order chi connectivity index (χ1) is 8.78. The van der Waals surface area contributed by atoms with Crippen molar-refractivity contribution in [3.05, 3.63) is 23.2 Å². The van der Waals surface area contributed by atoms with Crippen LogP contribution in [-0.2, 0) is 4.79 Å². The highest BCUT2D eigenvalue weighted by atomic mass is 35.5. The number of rotatable bonds is 5. The number of ether oxygens (including phenoxy) is 1. The molecule has 0 atom stereocenters. The predicted octanol–water partition coefficient (Wildman–Crippen LogP) is 3.58. The summed E-state index contributed by atoms with van der Waals surface area (Å²) in [5, 5.41) is 1.73. The largest absolute Gasteiger partial charge is 0.492 e. The van der Waals surface area contributed by atoms with Crippen LogP contribution in [0.2, 0.25) is 5.02 Å². The average molecular weight is 300 g/mol. The SMILES string of the molecule is CCOc1ccc(NC(=O)C(F)(F)C(F)F)cc1Cl. The lowest BCUT2D eigenvalue weighted by Crippen LogP contribution is -2.40. The molecule has 19 heavy (non-hydrogen) atoms. The van der Waals surface area contributed by atoms with Gasteiger partial charge in [0.15, 0.2) is 0 Å². The number of halogens is 5. The van der Waals surface area contributed by atoms with E-state index in [0.29, 0.717) is 12.4 Å². The molecule has 0 saturated carbocycles. The molecule has 1 amide bonds. The lowest BCUT2D eigenvalue weighted by atomic mass is 10.2. The van der Waals surface area contributed by atoms with E-state index in [1.165, 1.54) is 12.1 Å². The van der Waals surface area contributed by atoms with Gasteiger partial charge in [0, 0.05) is 5.69 Å². The molecule has 1 N–H and O–H groups in total. The zero-order chi connectivity index (χ0) is 14.6. The summed E-state index contributed by atoms with van der Waals surface area (Å²) in [6, 6.07) is 3.68. The lowest BCUT2D eigenvalue weighted by molar-refractivity contribution is -0.163. The second kappa shape index (κ2) is 6.10. The van der Waals surface area contributed by atoms with Crippen molar-refractivity contribution in [1.82, 2.24) is 0 Å². The van der Waals surface area contributed by atoms with E-state index in [4.69, 9.17) is 16.3 Å². The molecule has 1 aromatic carbocycles. The van der Waals surface area contributed by atoms with E-state index in [9.17, 15) is 22.4 Å². The van der Waals surface area contributed by atoms with Gasteiger partial charge in [-0.05, 0) is 25.1 Å². The molecular formula is C11H10ClF4NO2. The fourth-order valence-corrected chi connectivity index (χ4v) is 1.40. The summed E-state index contributed by atoms with van der Waals surface area (Å²) in [4.78, 5) is 11.0. The van der Waals surface area contributed by atoms with Gasteiger partial charge in [-0.15, -0.1) is 0 Å². The van der Waals surface area contributed by atoms with Gasteiger partial charge in [-0.1, -0.05) is 11.6 Å². The molecular weight excluding hydrogens is 290 g/mol. The van der Waals surface area contributed by atoms with Gasteiger partial charge < -0.3 is 10.1 Å². The van der Waals surface area contributed by atoms with E-state index in [2.05, 4.69) is 0 Å². The number of hydrogen-bond acceptors (Lipinski definition) is 2. The molecule has 0 aliphatic heterocycles. The minimum Gasteiger partial charge on any atom is -0.492 e. The van der Waals surface area contributed by atoms with E-state index in [1.807, 2.05) is 0 Å². The van der Waals surface area contributed by atoms with Crippen molar-refractivity contribution in [3.63, 3.8) is 0 Å². The Hall–Kier alpha value is -1.50. The molecule has 0 aromatic heterocycles. The Bertz CT molecular complexity index is 468. The van der Waals surface area contributed by atoms with Crippen LogP contribution in [-0.4, -0.2) is 24.9 Å². The monoisotopic (exact) mass is 299 g/mol. The van der Waals surface area contributed by atoms with Gasteiger partial charge in [-0.2, -0.15) is 8.78 Å². The first-order valence-corrected chi connectivity index (χ1v) is 5.56. The van der Waals surface area contributed by atoms with Crippen molar-refractivity contribution in [1.29, 1.82) is 0 Å². The molecule has 1 rings (SSSR count). The van der Waals surface area contributed by atoms with Crippen molar-refractivity contribution in [3.8, 4) is 5.75 Å². The first-order valence-electron chi connectivity index (χ1n) is 5.18.